The van der Waals surface area contributed by atoms with Gasteiger partial charge >= 0.3 is 0 Å². The van der Waals surface area contributed by atoms with Crippen molar-refractivity contribution in [1.82, 2.24) is 15.5 Å². The number of alkyl halides is 2. The lowest BCUT2D eigenvalue weighted by Gasteiger charge is -2.25. The molecule has 14 heteroatoms. The molecule has 3 aromatic rings. The summed E-state index contributed by atoms with van der Waals surface area (Å²) >= 11 is 1.29. The number of carbonyl (C=O) groups is 3. The van der Waals surface area contributed by atoms with Gasteiger partial charge in [-0.1, -0.05) is 42.5 Å². The van der Waals surface area contributed by atoms with Crippen molar-refractivity contribution in [2.24, 2.45) is 5.73 Å². The highest BCUT2D eigenvalue weighted by atomic mass is 32.2. The summed E-state index contributed by atoms with van der Waals surface area (Å²) in [6.07, 6.45) is 0.919. The molecular formula is C29H31F2N5O5S2. The molecule has 43 heavy (non-hydrogen) atoms. The number of halogens is 2. The van der Waals surface area contributed by atoms with E-state index in [0.717, 1.165) is 23.3 Å². The minimum Gasteiger partial charge on any atom is -0.384 e. The Morgan fingerprint density at radius 3 is 2.30 bits per heavy atom. The van der Waals surface area contributed by atoms with Crippen LogP contribution in [0.25, 0.3) is 0 Å². The van der Waals surface area contributed by atoms with Crippen LogP contribution in [0, 0.1) is 5.41 Å². The molecule has 5 N–H and O–H groups in total. The molecule has 0 aliphatic carbocycles. The van der Waals surface area contributed by atoms with Crippen LogP contribution in [0.4, 0.5) is 8.78 Å². The topological polar surface area (TPSA) is 163 Å². The Kier molecular flexibility index (Phi) is 9.30. The van der Waals surface area contributed by atoms with E-state index in [4.69, 9.17) is 11.1 Å². The SMILES string of the molecule is C[C@@H](NC(=O)[C@@H]1C[C@@H](S(C)(=O)=O)CN1C(=O)CNC(=O)c1ccc(C(F)(F)c2ccccc2)cc1)c1cc(C(=N)N)cs1. The first-order valence-electron chi connectivity index (χ1n) is 13.2. The molecule has 1 saturated heterocycles. The molecule has 10 nitrogen and oxygen atoms in total. The third kappa shape index (κ3) is 7.25. The van der Waals surface area contributed by atoms with Gasteiger partial charge in [0.05, 0.1) is 17.8 Å². The molecule has 3 amide bonds. The summed E-state index contributed by atoms with van der Waals surface area (Å²) in [7, 11) is -3.59. The average Bonchev–Trinajstić information content (AvgIpc) is 3.65. The second-order valence-electron chi connectivity index (χ2n) is 10.3. The zero-order valence-electron chi connectivity index (χ0n) is 23.3. The fraction of sp³-hybridized carbons (Fsp3) is 0.310. The van der Waals surface area contributed by atoms with Crippen LogP contribution < -0.4 is 16.4 Å². The first kappa shape index (κ1) is 31.8. The maximum absolute atomic E-state index is 14.8. The highest BCUT2D eigenvalue weighted by Gasteiger charge is 2.43. The number of likely N-dealkylation sites (tertiary alicyclic amines) is 1. The lowest BCUT2D eigenvalue weighted by molar-refractivity contribution is -0.137. The van der Waals surface area contributed by atoms with E-state index in [9.17, 15) is 31.6 Å². The zero-order valence-corrected chi connectivity index (χ0v) is 25.0. The van der Waals surface area contributed by atoms with Gasteiger partial charge in [0.2, 0.25) is 11.8 Å². The first-order chi connectivity index (χ1) is 20.2. The maximum Gasteiger partial charge on any atom is 0.298 e. The molecule has 0 unspecified atom stereocenters. The van der Waals surface area contributed by atoms with Gasteiger partial charge < -0.3 is 21.3 Å². The molecule has 0 spiro atoms. The van der Waals surface area contributed by atoms with Gasteiger partial charge in [0, 0.05) is 45.3 Å². The smallest absolute Gasteiger partial charge is 0.298 e. The summed E-state index contributed by atoms with van der Waals surface area (Å²) in [5.41, 5.74) is 5.56. The van der Waals surface area contributed by atoms with Crippen LogP contribution in [0.1, 0.15) is 51.3 Å². The van der Waals surface area contributed by atoms with Crippen molar-refractivity contribution >= 4 is 44.7 Å². The zero-order chi connectivity index (χ0) is 31.5. The number of carbonyl (C=O) groups excluding carboxylic acids is 3. The predicted molar refractivity (Wildman–Crippen MR) is 159 cm³/mol. The monoisotopic (exact) mass is 631 g/mol. The molecule has 0 bridgehead atoms. The number of thiophene rings is 1. The van der Waals surface area contributed by atoms with Crippen LogP contribution in [0.2, 0.25) is 0 Å². The van der Waals surface area contributed by atoms with Gasteiger partial charge in [-0.25, -0.2) is 8.42 Å². The van der Waals surface area contributed by atoms with Crippen molar-refractivity contribution in [1.29, 1.82) is 5.41 Å². The van der Waals surface area contributed by atoms with Gasteiger partial charge in [-0.3, -0.25) is 19.8 Å². The molecule has 1 aromatic heterocycles. The van der Waals surface area contributed by atoms with Gasteiger partial charge in [0.1, 0.15) is 11.9 Å². The number of amidine groups is 1. The van der Waals surface area contributed by atoms with Crippen LogP contribution in [0.15, 0.2) is 66.0 Å². The summed E-state index contributed by atoms with van der Waals surface area (Å²) in [6.45, 7) is 0.949. The standard InChI is InChI=1S/C29H31F2N5O5S2/c1-17(24-12-19(16-42-24)26(32)33)35-28(39)23-13-22(43(2,40)41)15-36(23)25(37)14-34-27(38)18-8-10-21(11-9-18)29(30,31)20-6-4-3-5-7-20/h3-12,16-17,22-23H,13-15H2,1-2H3,(H3,32,33)(H,34,38)(H,35,39)/t17-,22-,23+/m1/s1. The van der Waals surface area contributed by atoms with Crippen molar-refractivity contribution in [3.63, 3.8) is 0 Å². The Morgan fingerprint density at radius 2 is 1.72 bits per heavy atom. The van der Waals surface area contributed by atoms with Crippen LogP contribution in [0.3, 0.4) is 0 Å². The van der Waals surface area contributed by atoms with E-state index in [0.29, 0.717) is 10.4 Å². The quantitative estimate of drug-likeness (QED) is 0.199. The van der Waals surface area contributed by atoms with Gasteiger partial charge in [-0.2, -0.15) is 8.78 Å². The van der Waals surface area contributed by atoms with E-state index in [-0.39, 0.29) is 35.5 Å². The molecule has 4 rings (SSSR count). The molecule has 3 atom stereocenters. The number of sulfone groups is 1. The molecular weight excluding hydrogens is 600 g/mol. The Hall–Kier alpha value is -4.17. The number of hydrogen-bond acceptors (Lipinski definition) is 7. The van der Waals surface area contributed by atoms with E-state index >= 15 is 0 Å². The van der Waals surface area contributed by atoms with Gasteiger partial charge in [0.15, 0.2) is 9.84 Å². The number of nitrogens with zero attached hydrogens (tertiary/aromatic N) is 1. The summed E-state index contributed by atoms with van der Waals surface area (Å²) in [4.78, 5) is 40.9. The number of nitrogens with one attached hydrogen (secondary N) is 3. The normalized spacial score (nSPS) is 17.7. The highest BCUT2D eigenvalue weighted by Crippen LogP contribution is 2.35. The largest absolute Gasteiger partial charge is 0.384 e. The first-order valence-corrected chi connectivity index (χ1v) is 16.1. The lowest BCUT2D eigenvalue weighted by atomic mass is 9.99. The Labute approximate surface area is 251 Å². The van der Waals surface area contributed by atoms with Gasteiger partial charge in [-0.15, -0.1) is 11.3 Å². The molecule has 2 heterocycles. The minimum absolute atomic E-state index is 0.0415. The molecule has 1 aliphatic heterocycles. The Bertz CT molecular complexity index is 1630. The van der Waals surface area contributed by atoms with Crippen LogP contribution in [-0.4, -0.2) is 67.5 Å². The fourth-order valence-corrected chi connectivity index (χ4v) is 6.62. The van der Waals surface area contributed by atoms with Crippen molar-refractivity contribution in [3.05, 3.63) is 93.2 Å². The molecule has 1 fully saturated rings. The Balaban J connectivity index is 1.41. The molecule has 2 aromatic carbocycles. The summed E-state index contributed by atoms with van der Waals surface area (Å²) in [6, 6.07) is 12.0. The number of nitrogen functional groups attached to an aromatic ring is 1. The number of amides is 3. The lowest BCUT2D eigenvalue weighted by Crippen LogP contribution is -2.49. The number of rotatable bonds is 10. The predicted octanol–water partition coefficient (Wildman–Crippen LogP) is 2.79. The summed E-state index contributed by atoms with van der Waals surface area (Å²) in [5, 5.41) is 13.5. The minimum atomic E-state index is -3.59. The van der Waals surface area contributed by atoms with E-state index < -0.39 is 57.4 Å². The molecule has 228 valence electrons. The van der Waals surface area contributed by atoms with E-state index in [1.54, 1.807) is 24.4 Å². The second kappa shape index (κ2) is 12.6. The van der Waals surface area contributed by atoms with Crippen LogP contribution >= 0.6 is 11.3 Å². The number of benzene rings is 2. The summed E-state index contributed by atoms with van der Waals surface area (Å²) in [5.74, 6) is -5.33. The number of hydrogen-bond donors (Lipinski definition) is 4. The third-order valence-electron chi connectivity index (χ3n) is 7.25. The average molecular weight is 632 g/mol. The highest BCUT2D eigenvalue weighted by molar-refractivity contribution is 7.91. The number of nitrogens with two attached hydrogens (primary N) is 1. The van der Waals surface area contributed by atoms with Crippen LogP contribution in [0.5, 0.6) is 0 Å². The van der Waals surface area contributed by atoms with Crippen molar-refractivity contribution < 1.29 is 31.6 Å². The van der Waals surface area contributed by atoms with Gasteiger partial charge in [0.25, 0.3) is 11.8 Å². The Morgan fingerprint density at radius 1 is 1.09 bits per heavy atom. The van der Waals surface area contributed by atoms with Crippen LogP contribution in [-0.2, 0) is 25.3 Å². The van der Waals surface area contributed by atoms with Crippen molar-refractivity contribution in [2.45, 2.75) is 36.6 Å². The van der Waals surface area contributed by atoms with E-state index in [1.165, 1.54) is 47.7 Å². The van der Waals surface area contributed by atoms with Gasteiger partial charge in [-0.05, 0) is 31.5 Å². The fourth-order valence-electron chi connectivity index (χ4n) is 4.74. The maximum atomic E-state index is 14.8. The van der Waals surface area contributed by atoms with Crippen molar-refractivity contribution in [2.75, 3.05) is 19.3 Å². The third-order valence-corrected chi connectivity index (χ3v) is 9.92. The van der Waals surface area contributed by atoms with E-state index in [2.05, 4.69) is 10.6 Å². The second-order valence-corrected chi connectivity index (χ2v) is 13.6. The van der Waals surface area contributed by atoms with Crippen molar-refractivity contribution in [3.8, 4) is 0 Å². The molecule has 0 saturated carbocycles. The van der Waals surface area contributed by atoms with E-state index in [1.807, 2.05) is 0 Å². The molecule has 1 aliphatic rings. The summed E-state index contributed by atoms with van der Waals surface area (Å²) < 4.78 is 54.3. The molecule has 0 radical (unpaired) electrons.